The number of hydrogen-bond donors (Lipinski definition) is 1. The van der Waals surface area contributed by atoms with Gasteiger partial charge in [0.25, 0.3) is 0 Å². The molecule has 2 heterocycles. The van der Waals surface area contributed by atoms with Gasteiger partial charge in [0.2, 0.25) is 17.6 Å². The zero-order valence-electron chi connectivity index (χ0n) is 14.4. The van der Waals surface area contributed by atoms with Crippen molar-refractivity contribution in [3.8, 4) is 11.4 Å². The molecule has 1 saturated heterocycles. The van der Waals surface area contributed by atoms with E-state index in [4.69, 9.17) is 9.63 Å². The Morgan fingerprint density at radius 2 is 2.23 bits per heavy atom. The lowest BCUT2D eigenvalue weighted by Gasteiger charge is -2.30. The molecule has 2 aromatic rings. The van der Waals surface area contributed by atoms with E-state index < -0.39 is 11.9 Å². The van der Waals surface area contributed by atoms with Crippen LogP contribution in [0.3, 0.4) is 0 Å². The molecule has 7 nitrogen and oxygen atoms in total. The zero-order valence-corrected chi connectivity index (χ0v) is 14.4. The summed E-state index contributed by atoms with van der Waals surface area (Å²) in [5.74, 6) is -1.11. The Morgan fingerprint density at radius 1 is 1.42 bits per heavy atom. The van der Waals surface area contributed by atoms with Gasteiger partial charge in [-0.2, -0.15) is 4.98 Å². The third-order valence-electron chi connectivity index (χ3n) is 4.56. The number of benzene rings is 1. The van der Waals surface area contributed by atoms with Crippen molar-refractivity contribution in [1.29, 1.82) is 0 Å². The summed E-state index contributed by atoms with van der Waals surface area (Å²) in [5.41, 5.74) is 1.13. The number of piperidine rings is 1. The van der Waals surface area contributed by atoms with Gasteiger partial charge < -0.3 is 14.5 Å². The normalized spacial score (nSPS) is 17.3. The minimum Gasteiger partial charge on any atom is -0.481 e. The van der Waals surface area contributed by atoms with Gasteiger partial charge in [-0.3, -0.25) is 9.59 Å². The van der Waals surface area contributed by atoms with E-state index in [-0.39, 0.29) is 31.1 Å². The van der Waals surface area contributed by atoms with Crippen LogP contribution in [0.1, 0.15) is 30.7 Å². The molecule has 138 valence electrons. The Balaban J connectivity index is 1.58. The van der Waals surface area contributed by atoms with E-state index in [0.29, 0.717) is 42.2 Å². The van der Waals surface area contributed by atoms with Crippen LogP contribution in [0.5, 0.6) is 0 Å². The Morgan fingerprint density at radius 3 is 2.96 bits per heavy atom. The zero-order chi connectivity index (χ0) is 18.7. The lowest BCUT2D eigenvalue weighted by atomic mass is 9.98. The highest BCUT2D eigenvalue weighted by molar-refractivity contribution is 5.78. The molecule has 1 aromatic carbocycles. The van der Waals surface area contributed by atoms with Crippen molar-refractivity contribution in [1.82, 2.24) is 15.0 Å². The first kappa shape index (κ1) is 18.0. The van der Waals surface area contributed by atoms with Gasteiger partial charge in [-0.1, -0.05) is 5.16 Å². The maximum atomic E-state index is 13.3. The molecular weight excluding hydrogens is 341 g/mol. The number of carbonyl (C=O) groups is 2. The van der Waals surface area contributed by atoms with E-state index in [1.165, 1.54) is 6.07 Å². The lowest BCUT2D eigenvalue weighted by molar-refractivity contribution is -0.145. The minimum atomic E-state index is -0.862. The van der Waals surface area contributed by atoms with Gasteiger partial charge in [-0.05, 0) is 43.5 Å². The number of carbonyl (C=O) groups excluding carboxylic acids is 1. The third-order valence-corrected chi connectivity index (χ3v) is 4.56. The summed E-state index contributed by atoms with van der Waals surface area (Å²) >= 11 is 0. The molecule has 3 rings (SSSR count). The quantitative estimate of drug-likeness (QED) is 0.879. The molecule has 1 aromatic heterocycles. The minimum absolute atomic E-state index is 0.117. The van der Waals surface area contributed by atoms with Crippen LogP contribution in [-0.4, -0.2) is 45.1 Å². The number of likely N-dealkylation sites (tertiary alicyclic amines) is 1. The van der Waals surface area contributed by atoms with Crippen LogP contribution in [0.4, 0.5) is 4.39 Å². The van der Waals surface area contributed by atoms with E-state index in [1.54, 1.807) is 24.0 Å². The molecule has 8 heteroatoms. The second kappa shape index (κ2) is 7.63. The molecule has 0 saturated carbocycles. The predicted molar refractivity (Wildman–Crippen MR) is 89.7 cm³/mol. The molecule has 1 atom stereocenters. The van der Waals surface area contributed by atoms with Crippen molar-refractivity contribution in [2.24, 2.45) is 5.92 Å². The van der Waals surface area contributed by atoms with Gasteiger partial charge in [0.05, 0.1) is 5.92 Å². The average Bonchev–Trinajstić information content (AvgIpc) is 3.11. The summed E-state index contributed by atoms with van der Waals surface area (Å²) in [6.07, 6.45) is 1.75. The fraction of sp³-hybridized carbons (Fsp3) is 0.444. The van der Waals surface area contributed by atoms with E-state index >= 15 is 0 Å². The first-order valence-corrected chi connectivity index (χ1v) is 8.53. The van der Waals surface area contributed by atoms with E-state index in [1.807, 2.05) is 0 Å². The number of aromatic nitrogens is 2. The Labute approximate surface area is 149 Å². The van der Waals surface area contributed by atoms with Crippen LogP contribution in [0, 0.1) is 18.7 Å². The summed E-state index contributed by atoms with van der Waals surface area (Å²) in [6, 6.07) is 4.55. The van der Waals surface area contributed by atoms with Crippen LogP contribution >= 0.6 is 0 Å². The Kier molecular flexibility index (Phi) is 5.29. The first-order chi connectivity index (χ1) is 12.4. The number of halogens is 1. The largest absolute Gasteiger partial charge is 0.481 e. The second-order valence-corrected chi connectivity index (χ2v) is 6.49. The highest BCUT2D eigenvalue weighted by Crippen LogP contribution is 2.20. The lowest BCUT2D eigenvalue weighted by Crippen LogP contribution is -2.42. The van der Waals surface area contributed by atoms with E-state index in [2.05, 4.69) is 10.1 Å². The molecule has 1 aliphatic rings. The molecule has 0 spiro atoms. The maximum absolute atomic E-state index is 13.3. The smallest absolute Gasteiger partial charge is 0.308 e. The van der Waals surface area contributed by atoms with Gasteiger partial charge >= 0.3 is 5.97 Å². The molecule has 1 N–H and O–H groups in total. The standard InChI is InChI=1S/C18H20FN3O4/c1-11-9-12(4-5-14(11)19)17-20-15(26-21-17)6-7-16(23)22-8-2-3-13(10-22)18(24)25/h4-5,9,13H,2-3,6-8,10H2,1H3,(H,24,25). The molecule has 26 heavy (non-hydrogen) atoms. The van der Waals surface area contributed by atoms with E-state index in [9.17, 15) is 14.0 Å². The summed E-state index contributed by atoms with van der Waals surface area (Å²) in [5, 5.41) is 13.0. The van der Waals surface area contributed by atoms with Crippen molar-refractivity contribution in [3.63, 3.8) is 0 Å². The molecule has 1 fully saturated rings. The predicted octanol–water partition coefficient (Wildman–Crippen LogP) is 2.44. The fourth-order valence-corrected chi connectivity index (χ4v) is 3.03. The Bertz CT molecular complexity index is 821. The van der Waals surface area contributed by atoms with Crippen molar-refractivity contribution < 1.29 is 23.6 Å². The highest BCUT2D eigenvalue weighted by atomic mass is 19.1. The van der Waals surface area contributed by atoms with Crippen LogP contribution in [0.2, 0.25) is 0 Å². The number of carboxylic acids is 1. The molecular formula is C18H20FN3O4. The van der Waals surface area contributed by atoms with Crippen LogP contribution < -0.4 is 0 Å². The van der Waals surface area contributed by atoms with Crippen molar-refractivity contribution >= 4 is 11.9 Å². The van der Waals surface area contributed by atoms with Crippen LogP contribution in [0.25, 0.3) is 11.4 Å². The van der Waals surface area contributed by atoms with Crippen molar-refractivity contribution in [2.75, 3.05) is 13.1 Å². The Hall–Kier alpha value is -2.77. The fourth-order valence-electron chi connectivity index (χ4n) is 3.03. The SMILES string of the molecule is Cc1cc(-c2noc(CCC(=O)N3CCCC(C(=O)O)C3)n2)ccc1F. The number of hydrogen-bond acceptors (Lipinski definition) is 5. The van der Waals surface area contributed by atoms with Crippen molar-refractivity contribution in [2.45, 2.75) is 32.6 Å². The average molecular weight is 361 g/mol. The van der Waals surface area contributed by atoms with Crippen LogP contribution in [-0.2, 0) is 16.0 Å². The summed E-state index contributed by atoms with van der Waals surface area (Å²) in [4.78, 5) is 29.2. The molecule has 1 unspecified atom stereocenters. The van der Waals surface area contributed by atoms with E-state index in [0.717, 1.165) is 0 Å². The summed E-state index contributed by atoms with van der Waals surface area (Å²) < 4.78 is 18.5. The molecule has 1 aliphatic heterocycles. The monoisotopic (exact) mass is 361 g/mol. The summed E-state index contributed by atoms with van der Waals surface area (Å²) in [6.45, 7) is 2.48. The number of rotatable bonds is 5. The van der Waals surface area contributed by atoms with Gasteiger partial charge in [-0.15, -0.1) is 0 Å². The highest BCUT2D eigenvalue weighted by Gasteiger charge is 2.28. The maximum Gasteiger partial charge on any atom is 0.308 e. The third kappa shape index (κ3) is 4.07. The topological polar surface area (TPSA) is 96.5 Å². The number of aliphatic carboxylic acids is 1. The van der Waals surface area contributed by atoms with Gasteiger partial charge in [-0.25, -0.2) is 4.39 Å². The van der Waals surface area contributed by atoms with Gasteiger partial charge in [0, 0.05) is 31.5 Å². The second-order valence-electron chi connectivity index (χ2n) is 6.49. The first-order valence-electron chi connectivity index (χ1n) is 8.53. The van der Waals surface area contributed by atoms with Crippen LogP contribution in [0.15, 0.2) is 22.7 Å². The number of nitrogens with zero attached hydrogens (tertiary/aromatic N) is 3. The van der Waals surface area contributed by atoms with Gasteiger partial charge in [0.1, 0.15) is 5.82 Å². The molecule has 0 bridgehead atoms. The van der Waals surface area contributed by atoms with Gasteiger partial charge in [0.15, 0.2) is 0 Å². The number of carboxylic acid groups (broad SMARTS) is 1. The van der Waals surface area contributed by atoms with Crippen molar-refractivity contribution in [3.05, 3.63) is 35.5 Å². The molecule has 0 radical (unpaired) electrons. The number of aryl methyl sites for hydroxylation is 2. The molecule has 1 amide bonds. The number of amides is 1. The molecule has 0 aliphatic carbocycles. The summed E-state index contributed by atoms with van der Waals surface area (Å²) in [7, 11) is 0.